The monoisotopic (exact) mass is 330 g/mol. The molecule has 1 saturated heterocycles. The Labute approximate surface area is 125 Å². The second-order valence-corrected chi connectivity index (χ2v) is 7.42. The number of carbonyl (C=O) groups is 1. The molecular weight excluding hydrogens is 318 g/mol. The normalized spacial score (nSPS) is 22.2. The van der Waals surface area contributed by atoms with Crippen LogP contribution in [0.15, 0.2) is 23.1 Å². The Morgan fingerprint density at radius 2 is 2.00 bits per heavy atom. The van der Waals surface area contributed by atoms with E-state index in [4.69, 9.17) is 9.47 Å². The predicted molar refractivity (Wildman–Crippen MR) is 72.6 cm³/mol. The van der Waals surface area contributed by atoms with Gasteiger partial charge in [-0.25, -0.2) is 8.42 Å². The van der Waals surface area contributed by atoms with Crippen LogP contribution in [0.4, 0.5) is 0 Å². The molecule has 2 heterocycles. The van der Waals surface area contributed by atoms with Crippen molar-refractivity contribution in [2.75, 3.05) is 24.8 Å². The summed E-state index contributed by atoms with van der Waals surface area (Å²) >= 11 is 1.24. The number of fused-ring (bicyclic) bond motifs is 1. The molecule has 1 aromatic rings. The van der Waals surface area contributed by atoms with Crippen molar-refractivity contribution in [3.05, 3.63) is 18.2 Å². The van der Waals surface area contributed by atoms with Gasteiger partial charge in [-0.2, -0.15) is 4.31 Å². The first-order chi connectivity index (χ1) is 10.00. The summed E-state index contributed by atoms with van der Waals surface area (Å²) < 4.78 is 36.8. The standard InChI is InChI=1S/C12H13NO6S2/c14-12(15)9-6-20-7-13(9)21(16,17)8-1-2-10-11(5-8)19-4-3-18-10/h1-2,5,9H,3-4,6-7H2,(H,14,15)/p-1/t9-/m1/s1. The number of carboxylic acid groups (broad SMARTS) is 1. The van der Waals surface area contributed by atoms with Crippen LogP contribution in [-0.4, -0.2) is 49.6 Å². The number of aliphatic carboxylic acids is 1. The molecule has 0 radical (unpaired) electrons. The summed E-state index contributed by atoms with van der Waals surface area (Å²) in [5.74, 6) is -0.283. The predicted octanol–water partition coefficient (Wildman–Crippen LogP) is -0.729. The summed E-state index contributed by atoms with van der Waals surface area (Å²) in [5, 5.41) is 11.0. The van der Waals surface area contributed by atoms with Gasteiger partial charge in [0.25, 0.3) is 0 Å². The number of benzene rings is 1. The molecular formula is C12H12NO6S2-. The summed E-state index contributed by atoms with van der Waals surface area (Å²) in [7, 11) is -3.91. The van der Waals surface area contributed by atoms with Gasteiger partial charge in [0.1, 0.15) is 13.2 Å². The maximum atomic E-state index is 12.6. The van der Waals surface area contributed by atoms with E-state index in [2.05, 4.69) is 0 Å². The zero-order valence-corrected chi connectivity index (χ0v) is 12.5. The summed E-state index contributed by atoms with van der Waals surface area (Å²) in [6, 6.07) is 3.11. The first-order valence-electron chi connectivity index (χ1n) is 6.20. The molecule has 3 rings (SSSR count). The van der Waals surface area contributed by atoms with Gasteiger partial charge in [-0.15, -0.1) is 11.8 Å². The molecule has 0 N–H and O–H groups in total. The van der Waals surface area contributed by atoms with Crippen LogP contribution in [0, 0.1) is 0 Å². The number of ether oxygens (including phenoxy) is 2. The fourth-order valence-corrected chi connectivity index (χ4v) is 5.31. The van der Waals surface area contributed by atoms with E-state index in [0.29, 0.717) is 24.7 Å². The number of carbonyl (C=O) groups excluding carboxylic acids is 1. The highest BCUT2D eigenvalue weighted by atomic mass is 32.2. The fourth-order valence-electron chi connectivity index (χ4n) is 2.17. The van der Waals surface area contributed by atoms with Crippen molar-refractivity contribution in [3.8, 4) is 11.5 Å². The average molecular weight is 330 g/mol. The third-order valence-electron chi connectivity index (χ3n) is 3.23. The number of carboxylic acids is 1. The van der Waals surface area contributed by atoms with Gasteiger partial charge in [-0.1, -0.05) is 0 Å². The van der Waals surface area contributed by atoms with Crippen LogP contribution < -0.4 is 14.6 Å². The number of sulfonamides is 1. The Morgan fingerprint density at radius 3 is 2.71 bits per heavy atom. The molecule has 1 fully saturated rings. The largest absolute Gasteiger partial charge is 0.548 e. The van der Waals surface area contributed by atoms with Crippen molar-refractivity contribution < 1.29 is 27.8 Å². The Morgan fingerprint density at radius 1 is 1.29 bits per heavy atom. The lowest BCUT2D eigenvalue weighted by Crippen LogP contribution is -2.48. The maximum Gasteiger partial charge on any atom is 0.244 e. The molecule has 7 nitrogen and oxygen atoms in total. The highest BCUT2D eigenvalue weighted by Crippen LogP contribution is 2.35. The van der Waals surface area contributed by atoms with Gasteiger partial charge in [-0.05, 0) is 12.1 Å². The van der Waals surface area contributed by atoms with Gasteiger partial charge in [0.15, 0.2) is 11.5 Å². The lowest BCUT2D eigenvalue weighted by molar-refractivity contribution is -0.309. The summed E-state index contributed by atoms with van der Waals surface area (Å²) in [4.78, 5) is 11.0. The van der Waals surface area contributed by atoms with Crippen molar-refractivity contribution in [2.24, 2.45) is 0 Å². The first-order valence-corrected chi connectivity index (χ1v) is 8.80. The smallest absolute Gasteiger partial charge is 0.244 e. The van der Waals surface area contributed by atoms with Crippen molar-refractivity contribution in [1.29, 1.82) is 0 Å². The molecule has 0 aliphatic carbocycles. The zero-order chi connectivity index (χ0) is 15.0. The molecule has 0 unspecified atom stereocenters. The minimum absolute atomic E-state index is 0.0134. The van der Waals surface area contributed by atoms with E-state index < -0.39 is 22.0 Å². The summed E-state index contributed by atoms with van der Waals surface area (Å²) in [6.45, 7) is 0.756. The van der Waals surface area contributed by atoms with Crippen LogP contribution in [0.1, 0.15) is 0 Å². The third-order valence-corrected chi connectivity index (χ3v) is 6.26. The van der Waals surface area contributed by atoms with Gasteiger partial charge in [0, 0.05) is 11.8 Å². The third kappa shape index (κ3) is 2.56. The molecule has 1 atom stereocenters. The van der Waals surface area contributed by atoms with Crippen molar-refractivity contribution in [1.82, 2.24) is 4.31 Å². The summed E-state index contributed by atoms with van der Waals surface area (Å²) in [5.41, 5.74) is 0. The topological polar surface area (TPSA) is 96.0 Å². The Hall–Kier alpha value is -1.45. The van der Waals surface area contributed by atoms with Gasteiger partial charge in [0.05, 0.1) is 22.8 Å². The molecule has 21 heavy (non-hydrogen) atoms. The van der Waals surface area contributed by atoms with Crippen LogP contribution in [0.5, 0.6) is 11.5 Å². The molecule has 0 spiro atoms. The molecule has 0 saturated carbocycles. The van der Waals surface area contributed by atoms with Crippen molar-refractivity contribution in [2.45, 2.75) is 10.9 Å². The lowest BCUT2D eigenvalue weighted by atomic mass is 10.3. The Balaban J connectivity index is 1.96. The average Bonchev–Trinajstić information content (AvgIpc) is 2.97. The fraction of sp³-hybridized carbons (Fsp3) is 0.417. The minimum Gasteiger partial charge on any atom is -0.548 e. The molecule has 1 aromatic carbocycles. The zero-order valence-electron chi connectivity index (χ0n) is 10.9. The van der Waals surface area contributed by atoms with E-state index in [1.165, 1.54) is 30.0 Å². The number of hydrogen-bond acceptors (Lipinski definition) is 7. The van der Waals surface area contributed by atoms with Crippen LogP contribution in [0.2, 0.25) is 0 Å². The van der Waals surface area contributed by atoms with E-state index in [-0.39, 0.29) is 16.5 Å². The molecule has 114 valence electrons. The number of rotatable bonds is 3. The highest BCUT2D eigenvalue weighted by Gasteiger charge is 2.37. The second-order valence-electron chi connectivity index (χ2n) is 4.53. The van der Waals surface area contributed by atoms with Crippen LogP contribution in [0.3, 0.4) is 0 Å². The minimum atomic E-state index is -3.91. The van der Waals surface area contributed by atoms with E-state index in [1.807, 2.05) is 0 Å². The number of nitrogens with zero attached hydrogens (tertiary/aromatic N) is 1. The molecule has 0 bridgehead atoms. The lowest BCUT2D eigenvalue weighted by Gasteiger charge is -2.25. The van der Waals surface area contributed by atoms with E-state index in [0.717, 1.165) is 4.31 Å². The molecule has 2 aliphatic rings. The van der Waals surface area contributed by atoms with Crippen LogP contribution in [-0.2, 0) is 14.8 Å². The summed E-state index contributed by atoms with van der Waals surface area (Å²) in [6.07, 6.45) is 0. The molecule has 0 amide bonds. The van der Waals surface area contributed by atoms with Gasteiger partial charge in [-0.3, -0.25) is 0 Å². The number of hydrogen-bond donors (Lipinski definition) is 0. The van der Waals surface area contributed by atoms with Crippen molar-refractivity contribution >= 4 is 27.8 Å². The van der Waals surface area contributed by atoms with E-state index in [9.17, 15) is 18.3 Å². The number of thioether (sulfide) groups is 1. The van der Waals surface area contributed by atoms with Gasteiger partial charge < -0.3 is 19.4 Å². The van der Waals surface area contributed by atoms with Crippen molar-refractivity contribution in [3.63, 3.8) is 0 Å². The second kappa shape index (κ2) is 5.39. The first kappa shape index (κ1) is 14.5. The molecule has 9 heteroatoms. The molecule has 0 aromatic heterocycles. The highest BCUT2D eigenvalue weighted by molar-refractivity contribution is 8.00. The van der Waals surface area contributed by atoms with Gasteiger partial charge >= 0.3 is 0 Å². The SMILES string of the molecule is O=C([O-])[C@H]1CSCN1S(=O)(=O)c1ccc2c(c1)OCCO2. The van der Waals surface area contributed by atoms with Crippen LogP contribution in [0.25, 0.3) is 0 Å². The van der Waals surface area contributed by atoms with E-state index >= 15 is 0 Å². The Kier molecular flexibility index (Phi) is 3.72. The van der Waals surface area contributed by atoms with Crippen LogP contribution >= 0.6 is 11.8 Å². The molecule has 2 aliphatic heterocycles. The maximum absolute atomic E-state index is 12.6. The van der Waals surface area contributed by atoms with Gasteiger partial charge in [0.2, 0.25) is 10.0 Å². The quantitative estimate of drug-likeness (QED) is 0.721. The Bertz CT molecular complexity index is 674. The van der Waals surface area contributed by atoms with E-state index in [1.54, 1.807) is 0 Å².